The summed E-state index contributed by atoms with van der Waals surface area (Å²) in [5.74, 6) is -0.523. The highest BCUT2D eigenvalue weighted by Crippen LogP contribution is 2.31. The number of carbonyl (C=O) groups is 1. The Morgan fingerprint density at radius 2 is 2.33 bits per heavy atom. The van der Waals surface area contributed by atoms with Crippen molar-refractivity contribution in [1.29, 1.82) is 0 Å². The van der Waals surface area contributed by atoms with Crippen molar-refractivity contribution in [3.63, 3.8) is 0 Å². The Balaban J connectivity index is 1.80. The minimum absolute atomic E-state index is 0.159. The minimum atomic E-state index is -0.642. The maximum Gasteiger partial charge on any atom is 0.306 e. The number of hydrogen-bond donors (Lipinski definition) is 2. The molecule has 0 saturated heterocycles. The molecule has 4 heteroatoms. The first-order chi connectivity index (χ1) is 8.66. The molecule has 1 aromatic heterocycles. The lowest BCUT2D eigenvalue weighted by Crippen LogP contribution is -2.28. The molecule has 4 nitrogen and oxygen atoms in total. The Bertz CT molecular complexity index is 420. The van der Waals surface area contributed by atoms with Crippen molar-refractivity contribution >= 4 is 5.97 Å². The zero-order valence-corrected chi connectivity index (χ0v) is 10.7. The van der Waals surface area contributed by atoms with Crippen LogP contribution in [0.25, 0.3) is 0 Å². The molecule has 0 amide bonds. The van der Waals surface area contributed by atoms with Crippen molar-refractivity contribution in [2.45, 2.75) is 32.7 Å². The van der Waals surface area contributed by atoms with E-state index in [1.54, 1.807) is 0 Å². The molecule has 1 fully saturated rings. The molecule has 2 unspecified atom stereocenters. The summed E-state index contributed by atoms with van der Waals surface area (Å²) in [6, 6.07) is 2.10. The summed E-state index contributed by atoms with van der Waals surface area (Å²) in [5.41, 5.74) is 2.30. The van der Waals surface area contributed by atoms with Gasteiger partial charge in [0.15, 0.2) is 0 Å². The summed E-state index contributed by atoms with van der Waals surface area (Å²) < 4.78 is 0. The SMILES string of the molecule is Cc1cncc(CNCC2CCCC2C(=O)O)c1. The second-order valence-electron chi connectivity index (χ2n) is 5.14. The molecular formula is C14H20N2O2. The zero-order valence-electron chi connectivity index (χ0n) is 10.7. The van der Waals surface area contributed by atoms with Crippen molar-refractivity contribution in [2.75, 3.05) is 6.54 Å². The Kier molecular flexibility index (Phi) is 4.31. The summed E-state index contributed by atoms with van der Waals surface area (Å²) in [5, 5.41) is 12.5. The second-order valence-corrected chi connectivity index (χ2v) is 5.14. The molecule has 2 rings (SSSR count). The summed E-state index contributed by atoms with van der Waals surface area (Å²) in [7, 11) is 0. The van der Waals surface area contributed by atoms with E-state index in [2.05, 4.69) is 16.4 Å². The van der Waals surface area contributed by atoms with E-state index in [9.17, 15) is 4.79 Å². The molecule has 1 heterocycles. The molecule has 0 aromatic carbocycles. The predicted molar refractivity (Wildman–Crippen MR) is 69.1 cm³/mol. The fourth-order valence-corrected chi connectivity index (χ4v) is 2.72. The molecule has 0 bridgehead atoms. The number of rotatable bonds is 5. The molecule has 1 aromatic rings. The van der Waals surface area contributed by atoms with Crippen LogP contribution in [-0.2, 0) is 11.3 Å². The first-order valence-electron chi connectivity index (χ1n) is 6.51. The molecule has 0 aliphatic heterocycles. The number of carboxylic acids is 1. The summed E-state index contributed by atoms with van der Waals surface area (Å²) in [4.78, 5) is 15.2. The molecule has 1 aliphatic rings. The highest BCUT2D eigenvalue weighted by molar-refractivity contribution is 5.70. The van der Waals surface area contributed by atoms with E-state index in [4.69, 9.17) is 5.11 Å². The first kappa shape index (κ1) is 13.0. The fourth-order valence-electron chi connectivity index (χ4n) is 2.72. The standard InChI is InChI=1S/C14H20N2O2/c1-10-5-11(7-15-6-10)8-16-9-12-3-2-4-13(12)14(17)18/h5-7,12-13,16H,2-4,8-9H2,1H3,(H,17,18). The number of carboxylic acid groups (broad SMARTS) is 1. The van der Waals surface area contributed by atoms with Crippen LogP contribution in [0.2, 0.25) is 0 Å². The first-order valence-corrected chi connectivity index (χ1v) is 6.51. The highest BCUT2D eigenvalue weighted by Gasteiger charge is 2.32. The van der Waals surface area contributed by atoms with Crippen LogP contribution in [0.4, 0.5) is 0 Å². The Morgan fingerprint density at radius 1 is 1.50 bits per heavy atom. The van der Waals surface area contributed by atoms with Crippen molar-refractivity contribution in [3.05, 3.63) is 29.6 Å². The van der Waals surface area contributed by atoms with Crippen LogP contribution in [0.15, 0.2) is 18.5 Å². The normalized spacial score (nSPS) is 23.2. The number of nitrogens with one attached hydrogen (secondary N) is 1. The lowest BCUT2D eigenvalue weighted by molar-refractivity contribution is -0.142. The molecule has 0 radical (unpaired) electrons. The summed E-state index contributed by atoms with van der Waals surface area (Å²) in [6.45, 7) is 3.57. The van der Waals surface area contributed by atoms with Gasteiger partial charge in [-0.3, -0.25) is 9.78 Å². The van der Waals surface area contributed by atoms with Crippen molar-refractivity contribution in [2.24, 2.45) is 11.8 Å². The third-order valence-corrected chi connectivity index (χ3v) is 3.64. The molecule has 1 aliphatic carbocycles. The van der Waals surface area contributed by atoms with Crippen LogP contribution in [0.3, 0.4) is 0 Å². The number of pyridine rings is 1. The van der Waals surface area contributed by atoms with Gasteiger partial charge in [0.05, 0.1) is 5.92 Å². The van der Waals surface area contributed by atoms with Gasteiger partial charge in [0.1, 0.15) is 0 Å². The van der Waals surface area contributed by atoms with Crippen LogP contribution >= 0.6 is 0 Å². The monoisotopic (exact) mass is 248 g/mol. The second kappa shape index (κ2) is 5.96. The summed E-state index contributed by atoms with van der Waals surface area (Å²) >= 11 is 0. The maximum atomic E-state index is 11.1. The zero-order chi connectivity index (χ0) is 13.0. The molecule has 2 N–H and O–H groups in total. The lowest BCUT2D eigenvalue weighted by atomic mass is 9.96. The third kappa shape index (κ3) is 3.29. The number of aliphatic carboxylic acids is 1. The molecule has 0 spiro atoms. The van der Waals surface area contributed by atoms with Gasteiger partial charge in [0.2, 0.25) is 0 Å². The van der Waals surface area contributed by atoms with Crippen molar-refractivity contribution in [3.8, 4) is 0 Å². The smallest absolute Gasteiger partial charge is 0.306 e. The molecule has 98 valence electrons. The van der Waals surface area contributed by atoms with Crippen molar-refractivity contribution in [1.82, 2.24) is 10.3 Å². The maximum absolute atomic E-state index is 11.1. The lowest BCUT2D eigenvalue weighted by Gasteiger charge is -2.16. The van der Waals surface area contributed by atoms with Gasteiger partial charge in [-0.15, -0.1) is 0 Å². The van der Waals surface area contributed by atoms with E-state index < -0.39 is 5.97 Å². The Hall–Kier alpha value is -1.42. The van der Waals surface area contributed by atoms with Crippen LogP contribution in [0, 0.1) is 18.8 Å². The molecular weight excluding hydrogens is 228 g/mol. The number of nitrogens with zero attached hydrogens (tertiary/aromatic N) is 1. The molecule has 2 atom stereocenters. The van der Waals surface area contributed by atoms with E-state index in [1.807, 2.05) is 19.3 Å². The average molecular weight is 248 g/mol. The Labute approximate surface area is 107 Å². The number of aryl methyl sites for hydroxylation is 1. The third-order valence-electron chi connectivity index (χ3n) is 3.64. The number of hydrogen-bond acceptors (Lipinski definition) is 3. The van der Waals surface area contributed by atoms with Crippen LogP contribution in [0.5, 0.6) is 0 Å². The predicted octanol–water partition coefficient (Wildman–Crippen LogP) is 1.98. The topological polar surface area (TPSA) is 62.2 Å². The summed E-state index contributed by atoms with van der Waals surface area (Å²) in [6.07, 6.45) is 6.57. The van der Waals surface area contributed by atoms with Crippen molar-refractivity contribution < 1.29 is 9.90 Å². The van der Waals surface area contributed by atoms with E-state index in [-0.39, 0.29) is 11.8 Å². The molecule has 18 heavy (non-hydrogen) atoms. The largest absolute Gasteiger partial charge is 0.481 e. The minimum Gasteiger partial charge on any atom is -0.481 e. The quantitative estimate of drug-likeness (QED) is 0.836. The fraction of sp³-hybridized carbons (Fsp3) is 0.571. The highest BCUT2D eigenvalue weighted by atomic mass is 16.4. The van der Waals surface area contributed by atoms with Gasteiger partial charge in [-0.1, -0.05) is 12.5 Å². The number of aromatic nitrogens is 1. The van der Waals surface area contributed by atoms with E-state index in [0.717, 1.165) is 43.5 Å². The van der Waals surface area contributed by atoms with Gasteiger partial charge in [-0.25, -0.2) is 0 Å². The van der Waals surface area contributed by atoms with Gasteiger partial charge in [0, 0.05) is 18.9 Å². The van der Waals surface area contributed by atoms with Gasteiger partial charge >= 0.3 is 5.97 Å². The van der Waals surface area contributed by atoms with Crippen LogP contribution in [0.1, 0.15) is 30.4 Å². The van der Waals surface area contributed by atoms with E-state index >= 15 is 0 Å². The van der Waals surface area contributed by atoms with E-state index in [0.29, 0.717) is 0 Å². The van der Waals surface area contributed by atoms with Crippen LogP contribution in [-0.4, -0.2) is 22.6 Å². The average Bonchev–Trinajstić information content (AvgIpc) is 2.77. The van der Waals surface area contributed by atoms with Crippen LogP contribution < -0.4 is 5.32 Å². The van der Waals surface area contributed by atoms with Gasteiger partial charge < -0.3 is 10.4 Å². The Morgan fingerprint density at radius 3 is 3.06 bits per heavy atom. The van der Waals surface area contributed by atoms with E-state index in [1.165, 1.54) is 0 Å². The van der Waals surface area contributed by atoms with Gasteiger partial charge in [-0.05, 0) is 43.4 Å². The molecule has 1 saturated carbocycles. The van der Waals surface area contributed by atoms with Gasteiger partial charge in [0.25, 0.3) is 0 Å². The van der Waals surface area contributed by atoms with Gasteiger partial charge in [-0.2, -0.15) is 0 Å².